The molecular formula is C10H10F3N3O2. The fourth-order valence-electron chi connectivity index (χ4n) is 1.25. The smallest absolute Gasteiger partial charge is 0.415 e. The summed E-state index contributed by atoms with van der Waals surface area (Å²) in [5.74, 6) is -0.516. The first-order chi connectivity index (χ1) is 8.23. The van der Waals surface area contributed by atoms with Crippen molar-refractivity contribution in [3.8, 4) is 11.6 Å². The van der Waals surface area contributed by atoms with Crippen LogP contribution in [0.15, 0.2) is 21.3 Å². The quantitative estimate of drug-likeness (QED) is 0.897. The zero-order valence-electron chi connectivity index (χ0n) is 9.58. The van der Waals surface area contributed by atoms with E-state index in [0.29, 0.717) is 5.56 Å². The Morgan fingerprint density at radius 2 is 2.00 bits per heavy atom. The van der Waals surface area contributed by atoms with E-state index in [4.69, 9.17) is 10.2 Å². The first-order valence-electron chi connectivity index (χ1n) is 4.97. The molecule has 8 heteroatoms. The molecule has 5 nitrogen and oxygen atoms in total. The fourth-order valence-corrected chi connectivity index (χ4v) is 1.25. The number of rotatable bonds is 2. The maximum absolute atomic E-state index is 12.7. The molecule has 0 bridgehead atoms. The number of nitrogens with zero attached hydrogens (tertiary/aromatic N) is 2. The first kappa shape index (κ1) is 12.6. The molecule has 0 fully saturated rings. The molecule has 18 heavy (non-hydrogen) atoms. The van der Waals surface area contributed by atoms with Gasteiger partial charge in [-0.3, -0.25) is 0 Å². The molecular weight excluding hydrogens is 251 g/mol. The molecule has 2 heterocycles. The summed E-state index contributed by atoms with van der Waals surface area (Å²) in [5.41, 5.74) is 3.16. The molecule has 1 unspecified atom stereocenters. The number of furan rings is 1. The van der Waals surface area contributed by atoms with E-state index >= 15 is 0 Å². The number of alkyl halides is 3. The van der Waals surface area contributed by atoms with Gasteiger partial charge in [0.2, 0.25) is 5.82 Å². The van der Waals surface area contributed by atoms with Crippen molar-refractivity contribution in [2.24, 2.45) is 5.73 Å². The molecule has 0 saturated carbocycles. The van der Waals surface area contributed by atoms with E-state index in [9.17, 15) is 13.2 Å². The third-order valence-electron chi connectivity index (χ3n) is 2.52. The predicted octanol–water partition coefficient (Wildman–Crippen LogP) is 2.37. The highest BCUT2D eigenvalue weighted by Crippen LogP contribution is 2.36. The molecule has 0 radical (unpaired) electrons. The minimum absolute atomic E-state index is 0.0616. The Morgan fingerprint density at radius 3 is 2.50 bits per heavy atom. The number of hydrogen-bond donors (Lipinski definition) is 1. The van der Waals surface area contributed by atoms with Gasteiger partial charge in [0.25, 0.3) is 5.89 Å². The summed E-state index contributed by atoms with van der Waals surface area (Å²) >= 11 is 0. The monoisotopic (exact) mass is 261 g/mol. The Balaban J connectivity index is 2.41. The normalized spacial score (nSPS) is 15.7. The average molecular weight is 261 g/mol. The summed E-state index contributed by atoms with van der Waals surface area (Å²) in [6.45, 7) is 2.47. The van der Waals surface area contributed by atoms with Crippen LogP contribution in [0.5, 0.6) is 0 Å². The van der Waals surface area contributed by atoms with Gasteiger partial charge in [-0.05, 0) is 25.5 Å². The zero-order valence-corrected chi connectivity index (χ0v) is 9.58. The van der Waals surface area contributed by atoms with E-state index in [0.717, 1.165) is 6.92 Å². The van der Waals surface area contributed by atoms with Crippen LogP contribution in [0.3, 0.4) is 0 Å². The van der Waals surface area contributed by atoms with Crippen LogP contribution in [0.2, 0.25) is 0 Å². The van der Waals surface area contributed by atoms with Crippen molar-refractivity contribution in [3.05, 3.63) is 23.8 Å². The summed E-state index contributed by atoms with van der Waals surface area (Å²) in [5, 5.41) is 3.44. The van der Waals surface area contributed by atoms with Gasteiger partial charge in [0.1, 0.15) is 0 Å². The van der Waals surface area contributed by atoms with Crippen molar-refractivity contribution in [3.63, 3.8) is 0 Å². The second kappa shape index (κ2) is 3.84. The third-order valence-corrected chi connectivity index (χ3v) is 2.52. The SMILES string of the molecule is Cc1ccoc1-c1noc(C(C)(N)C(F)(F)F)n1. The molecule has 0 aromatic carbocycles. The molecule has 98 valence electrons. The molecule has 1 atom stereocenters. The molecule has 0 spiro atoms. The van der Waals surface area contributed by atoms with Gasteiger partial charge in [0.05, 0.1) is 6.26 Å². The van der Waals surface area contributed by atoms with Crippen molar-refractivity contribution in [2.45, 2.75) is 25.6 Å². The maximum Gasteiger partial charge on any atom is 0.415 e. The first-order valence-corrected chi connectivity index (χ1v) is 4.97. The number of hydrogen-bond acceptors (Lipinski definition) is 5. The summed E-state index contributed by atoms with van der Waals surface area (Å²) in [4.78, 5) is 3.64. The summed E-state index contributed by atoms with van der Waals surface area (Å²) in [7, 11) is 0. The van der Waals surface area contributed by atoms with Crippen molar-refractivity contribution in [1.29, 1.82) is 0 Å². The van der Waals surface area contributed by atoms with Crippen LogP contribution >= 0.6 is 0 Å². The van der Waals surface area contributed by atoms with Crippen LogP contribution in [0, 0.1) is 6.92 Å². The molecule has 0 aliphatic heterocycles. The van der Waals surface area contributed by atoms with Gasteiger partial charge in [-0.15, -0.1) is 0 Å². The standard InChI is InChI=1S/C10H10F3N3O2/c1-5-3-4-17-6(5)7-15-8(18-16-7)9(2,14)10(11,12)13/h3-4H,14H2,1-2H3. The predicted molar refractivity (Wildman–Crippen MR) is 54.3 cm³/mol. The van der Waals surface area contributed by atoms with Gasteiger partial charge in [-0.1, -0.05) is 5.16 Å². The lowest BCUT2D eigenvalue weighted by Crippen LogP contribution is -2.47. The molecule has 0 saturated heterocycles. The van der Waals surface area contributed by atoms with Gasteiger partial charge < -0.3 is 14.7 Å². The number of aromatic nitrogens is 2. The molecule has 2 N–H and O–H groups in total. The molecule has 2 aromatic heterocycles. The highest BCUT2D eigenvalue weighted by molar-refractivity contribution is 5.51. The molecule has 0 amide bonds. The van der Waals surface area contributed by atoms with Gasteiger partial charge in [-0.25, -0.2) is 0 Å². The topological polar surface area (TPSA) is 78.1 Å². The largest absolute Gasteiger partial charge is 0.461 e. The lowest BCUT2D eigenvalue weighted by Gasteiger charge is -2.22. The Bertz CT molecular complexity index is 557. The number of nitrogens with two attached hydrogens (primary N) is 1. The van der Waals surface area contributed by atoms with Crippen LogP contribution in [0.25, 0.3) is 11.6 Å². The van der Waals surface area contributed by atoms with Crippen molar-refractivity contribution in [2.75, 3.05) is 0 Å². The van der Waals surface area contributed by atoms with Crippen LogP contribution in [0.4, 0.5) is 13.2 Å². The maximum atomic E-state index is 12.7. The van der Waals surface area contributed by atoms with Crippen molar-refractivity contribution in [1.82, 2.24) is 10.1 Å². The molecule has 0 aliphatic rings. The second-order valence-corrected chi connectivity index (χ2v) is 4.06. The van der Waals surface area contributed by atoms with Crippen molar-refractivity contribution >= 4 is 0 Å². The van der Waals surface area contributed by atoms with Gasteiger partial charge in [-0.2, -0.15) is 18.2 Å². The van der Waals surface area contributed by atoms with E-state index in [1.807, 2.05) is 0 Å². The van der Waals surface area contributed by atoms with Crippen molar-refractivity contribution < 1.29 is 22.1 Å². The zero-order chi connectivity index (χ0) is 13.6. The van der Waals surface area contributed by atoms with Gasteiger partial charge in [0.15, 0.2) is 11.3 Å². The highest BCUT2D eigenvalue weighted by atomic mass is 19.4. The average Bonchev–Trinajstić information content (AvgIpc) is 2.83. The van der Waals surface area contributed by atoms with E-state index in [1.54, 1.807) is 13.0 Å². The van der Waals surface area contributed by atoms with E-state index < -0.39 is 17.6 Å². The number of aryl methyl sites for hydroxylation is 1. The highest BCUT2D eigenvalue weighted by Gasteiger charge is 2.53. The van der Waals surface area contributed by atoms with E-state index in [-0.39, 0.29) is 11.6 Å². The molecule has 2 rings (SSSR count). The Kier molecular flexibility index (Phi) is 2.69. The van der Waals surface area contributed by atoms with Crippen LogP contribution in [-0.2, 0) is 5.54 Å². The van der Waals surface area contributed by atoms with Crippen LogP contribution in [0.1, 0.15) is 18.4 Å². The lowest BCUT2D eigenvalue weighted by molar-refractivity contribution is -0.190. The minimum Gasteiger partial charge on any atom is -0.461 e. The summed E-state index contributed by atoms with van der Waals surface area (Å²) in [6, 6.07) is 1.64. The van der Waals surface area contributed by atoms with Crippen LogP contribution < -0.4 is 5.73 Å². The number of halogens is 3. The van der Waals surface area contributed by atoms with Gasteiger partial charge >= 0.3 is 6.18 Å². The summed E-state index contributed by atoms with van der Waals surface area (Å²) < 4.78 is 47.6. The minimum atomic E-state index is -4.69. The van der Waals surface area contributed by atoms with Crippen LogP contribution in [-0.4, -0.2) is 16.3 Å². The van der Waals surface area contributed by atoms with E-state index in [2.05, 4.69) is 14.7 Å². The Labute approximate surface area is 99.8 Å². The lowest BCUT2D eigenvalue weighted by atomic mass is 10.0. The fraction of sp³-hybridized carbons (Fsp3) is 0.400. The second-order valence-electron chi connectivity index (χ2n) is 4.06. The summed E-state index contributed by atoms with van der Waals surface area (Å²) in [6.07, 6.45) is -3.30. The van der Waals surface area contributed by atoms with E-state index in [1.165, 1.54) is 6.26 Å². The van der Waals surface area contributed by atoms with Gasteiger partial charge in [0, 0.05) is 0 Å². The molecule has 0 aliphatic carbocycles. The molecule has 2 aromatic rings. The third kappa shape index (κ3) is 1.88. The Morgan fingerprint density at radius 1 is 1.33 bits per heavy atom. The Hall–Kier alpha value is -1.83.